The van der Waals surface area contributed by atoms with Crippen LogP contribution in [0.4, 0.5) is 25.0 Å². The van der Waals surface area contributed by atoms with Crippen LogP contribution >= 0.6 is 35.1 Å². The molecular formula is C51H63ClF2N10O5S2Si. The van der Waals surface area contributed by atoms with Gasteiger partial charge in [-0.1, -0.05) is 31.8 Å². The summed E-state index contributed by atoms with van der Waals surface area (Å²) in [6.07, 6.45) is 15.6. The van der Waals surface area contributed by atoms with Gasteiger partial charge in [0.15, 0.2) is 0 Å². The van der Waals surface area contributed by atoms with Crippen molar-refractivity contribution < 1.29 is 32.6 Å². The fourth-order valence-electron chi connectivity index (χ4n) is 7.83. The van der Waals surface area contributed by atoms with Gasteiger partial charge in [-0.3, -0.25) is 14.7 Å². The van der Waals surface area contributed by atoms with E-state index >= 15 is 0 Å². The van der Waals surface area contributed by atoms with Crippen LogP contribution in [0.3, 0.4) is 0 Å². The molecule has 2 aliphatic carbocycles. The van der Waals surface area contributed by atoms with Crippen LogP contribution in [0.15, 0.2) is 84.1 Å². The zero-order valence-electron chi connectivity index (χ0n) is 41.4. The van der Waals surface area contributed by atoms with E-state index in [2.05, 4.69) is 73.0 Å². The number of nitrogens with two attached hydrogens (primary N) is 1. The minimum Gasteiger partial charge on any atom is -0.444 e. The van der Waals surface area contributed by atoms with Gasteiger partial charge in [-0.05, 0) is 131 Å². The van der Waals surface area contributed by atoms with Gasteiger partial charge < -0.3 is 31.2 Å². The van der Waals surface area contributed by atoms with Crippen molar-refractivity contribution in [1.82, 2.24) is 35.3 Å². The number of nitrogens with one attached hydrogen (secondary N) is 4. The molecule has 0 spiro atoms. The highest BCUT2D eigenvalue weighted by Gasteiger charge is 2.24. The number of aromatic amines is 1. The van der Waals surface area contributed by atoms with Crippen molar-refractivity contribution in [1.29, 1.82) is 0 Å². The lowest BCUT2D eigenvalue weighted by atomic mass is 9.86. The molecule has 2 atom stereocenters. The lowest BCUT2D eigenvalue weighted by molar-refractivity contribution is 0.0518. The number of allylic oxidation sites excluding steroid dienone is 4. The van der Waals surface area contributed by atoms with Crippen LogP contribution in [0, 0.1) is 23.5 Å². The Balaban J connectivity index is 0.000000252. The molecule has 72 heavy (non-hydrogen) atoms. The van der Waals surface area contributed by atoms with E-state index in [9.17, 15) is 23.2 Å². The number of carbonyl (C=O) groups excluding carboxylic acids is 3. The van der Waals surface area contributed by atoms with Crippen LogP contribution in [0.2, 0.25) is 25.7 Å². The Bertz CT molecular complexity index is 2850. The standard InChI is InChI=1S/C31H42FN5O4SSi.C20H20FN5OS.ClH/c1-31(2,3)41-30(39)33-16-21-7-9-22(10-8-21)25-15-24(32)11-12-26(25)35-28(38)27-19-42-29(36-27)23-17-34-37(18-23)20-40-13-14-43(4,5)6;21-15-5-6-17(16(7-15)13-3-1-12(8-22)2-4-13)25-19(27)18-11-28-20(26-18)14-9-23-24-10-14;/h9,11-12,15,17-19,21H,7-8,10,13-14,16,20H2,1-6H3,(H,33,39)(H,35,38);3,5-7,9-12H,1-2,4,8,22H2,(H,23,24)(H,25,27);1H. The SMILES string of the molecule is CC(C)(C)OC(=O)NCC1CC=C(c2cc(F)ccc2NC(=O)c2csc(-c3cnn(COCC[Si](C)(C)C)c3)n2)CC1.Cl.NCC1CC=C(c2cc(F)ccc2NC(=O)c2csc(-c3cn[nH]c3)n2)CC1. The van der Waals surface area contributed by atoms with Crippen LogP contribution in [0.5, 0.6) is 0 Å². The highest BCUT2D eigenvalue weighted by atomic mass is 35.5. The quantitative estimate of drug-likeness (QED) is 0.0458. The molecule has 8 rings (SSSR count). The van der Waals surface area contributed by atoms with Gasteiger partial charge in [0, 0.05) is 78.0 Å². The molecular weight excluding hydrogens is 998 g/mol. The Labute approximate surface area is 433 Å². The van der Waals surface area contributed by atoms with Crippen molar-refractivity contribution in [3.63, 3.8) is 0 Å². The summed E-state index contributed by atoms with van der Waals surface area (Å²) in [7, 11) is -1.15. The third kappa shape index (κ3) is 16.0. The average Bonchev–Trinajstić information content (AvgIpc) is 4.19. The van der Waals surface area contributed by atoms with Gasteiger partial charge in [0.1, 0.15) is 45.4 Å². The number of hydrogen-bond donors (Lipinski definition) is 5. The van der Waals surface area contributed by atoms with E-state index in [0.29, 0.717) is 77.0 Å². The smallest absolute Gasteiger partial charge is 0.407 e. The number of anilines is 2. The van der Waals surface area contributed by atoms with Crippen molar-refractivity contribution in [2.24, 2.45) is 17.6 Å². The number of alkyl carbamates (subject to hydrolysis) is 1. The van der Waals surface area contributed by atoms with E-state index in [-0.39, 0.29) is 47.5 Å². The van der Waals surface area contributed by atoms with Gasteiger partial charge in [0.05, 0.1) is 12.4 Å². The molecule has 0 radical (unpaired) electrons. The molecule has 4 aromatic heterocycles. The summed E-state index contributed by atoms with van der Waals surface area (Å²) < 4.78 is 41.0. The second kappa shape index (κ2) is 25.2. The predicted octanol–water partition coefficient (Wildman–Crippen LogP) is 11.9. The van der Waals surface area contributed by atoms with Gasteiger partial charge in [0.2, 0.25) is 0 Å². The summed E-state index contributed by atoms with van der Waals surface area (Å²) in [4.78, 5) is 46.8. The van der Waals surface area contributed by atoms with Gasteiger partial charge in [-0.2, -0.15) is 10.2 Å². The van der Waals surface area contributed by atoms with Crippen molar-refractivity contribution in [3.8, 4) is 21.1 Å². The molecule has 21 heteroatoms. The number of ether oxygens (including phenoxy) is 2. The molecule has 15 nitrogen and oxygen atoms in total. The number of halogens is 3. The Morgan fingerprint density at radius 1 is 0.847 bits per heavy atom. The van der Waals surface area contributed by atoms with Crippen LogP contribution < -0.4 is 21.7 Å². The number of thiazole rings is 2. The van der Waals surface area contributed by atoms with Gasteiger partial charge in [-0.15, -0.1) is 35.1 Å². The molecule has 0 bridgehead atoms. The minimum absolute atomic E-state index is 0. The van der Waals surface area contributed by atoms with Gasteiger partial charge >= 0.3 is 6.09 Å². The lowest BCUT2D eigenvalue weighted by Crippen LogP contribution is -2.35. The molecule has 0 fully saturated rings. The fraction of sp³-hybridized carbons (Fsp3) is 0.392. The molecule has 0 saturated carbocycles. The average molecular weight is 1060 g/mol. The first-order valence-electron chi connectivity index (χ1n) is 23.7. The molecule has 2 aromatic carbocycles. The van der Waals surface area contributed by atoms with Gasteiger partial charge in [-0.25, -0.2) is 28.2 Å². The number of amides is 3. The summed E-state index contributed by atoms with van der Waals surface area (Å²) >= 11 is 2.73. The van der Waals surface area contributed by atoms with Crippen molar-refractivity contribution >= 4 is 83.6 Å². The van der Waals surface area contributed by atoms with E-state index in [4.69, 9.17) is 15.2 Å². The Morgan fingerprint density at radius 2 is 1.42 bits per heavy atom. The third-order valence-corrected chi connectivity index (χ3v) is 15.3. The van der Waals surface area contributed by atoms with Crippen LogP contribution in [0.1, 0.15) is 91.4 Å². The van der Waals surface area contributed by atoms with Crippen molar-refractivity contribution in [2.75, 3.05) is 30.3 Å². The Morgan fingerprint density at radius 3 is 1.92 bits per heavy atom. The summed E-state index contributed by atoms with van der Waals surface area (Å²) in [6, 6.07) is 9.88. The van der Waals surface area contributed by atoms with Crippen LogP contribution in [0.25, 0.3) is 32.3 Å². The summed E-state index contributed by atoms with van der Waals surface area (Å²) in [5.74, 6) is -0.682. The summed E-state index contributed by atoms with van der Waals surface area (Å²) in [5.41, 5.74) is 11.9. The zero-order valence-corrected chi connectivity index (χ0v) is 44.8. The molecule has 6 aromatic rings. The summed E-state index contributed by atoms with van der Waals surface area (Å²) in [5, 5.41) is 24.4. The number of carbonyl (C=O) groups is 3. The Hall–Kier alpha value is -5.90. The number of rotatable bonds is 16. The number of benzene rings is 2. The normalized spacial score (nSPS) is 15.8. The number of H-pyrrole nitrogens is 1. The summed E-state index contributed by atoms with van der Waals surface area (Å²) in [6.45, 7) is 14.7. The molecule has 6 N–H and O–H groups in total. The molecule has 3 amide bonds. The molecule has 384 valence electrons. The topological polar surface area (TPSA) is 204 Å². The maximum atomic E-state index is 14.3. The van der Waals surface area contributed by atoms with E-state index in [0.717, 1.165) is 60.4 Å². The van der Waals surface area contributed by atoms with Crippen LogP contribution in [-0.2, 0) is 16.2 Å². The van der Waals surface area contributed by atoms with E-state index < -0.39 is 19.8 Å². The van der Waals surface area contributed by atoms with E-state index in [1.807, 2.05) is 27.0 Å². The molecule has 4 heterocycles. The molecule has 2 aliphatic rings. The monoisotopic (exact) mass is 1060 g/mol. The first kappa shape index (κ1) is 55.4. The van der Waals surface area contributed by atoms with Crippen molar-refractivity contribution in [3.05, 3.63) is 118 Å². The Kier molecular flexibility index (Phi) is 19.4. The highest BCUT2D eigenvalue weighted by molar-refractivity contribution is 7.13. The minimum atomic E-state index is -1.15. The number of nitrogens with zero attached hydrogens (tertiary/aromatic N) is 5. The number of hydrogen-bond acceptors (Lipinski definition) is 12. The number of aromatic nitrogens is 6. The molecule has 0 saturated heterocycles. The molecule has 0 aliphatic heterocycles. The van der Waals surface area contributed by atoms with E-state index in [1.54, 1.807) is 46.2 Å². The largest absolute Gasteiger partial charge is 0.444 e. The first-order valence-corrected chi connectivity index (χ1v) is 29.1. The first-order chi connectivity index (χ1) is 33.9. The second-order valence-electron chi connectivity index (χ2n) is 19.8. The zero-order chi connectivity index (χ0) is 50.7. The maximum absolute atomic E-state index is 14.3. The lowest BCUT2D eigenvalue weighted by Gasteiger charge is -2.25. The van der Waals surface area contributed by atoms with Crippen molar-refractivity contribution in [2.45, 2.75) is 97.3 Å². The predicted molar refractivity (Wildman–Crippen MR) is 287 cm³/mol. The van der Waals surface area contributed by atoms with Crippen LogP contribution in [-0.4, -0.2) is 81.2 Å². The van der Waals surface area contributed by atoms with Gasteiger partial charge in [0.25, 0.3) is 11.8 Å². The second-order valence-corrected chi connectivity index (χ2v) is 27.2. The molecule has 2 unspecified atom stereocenters. The highest BCUT2D eigenvalue weighted by Crippen LogP contribution is 2.36. The maximum Gasteiger partial charge on any atom is 0.407 e. The van der Waals surface area contributed by atoms with E-state index in [1.165, 1.54) is 46.9 Å². The third-order valence-electron chi connectivity index (χ3n) is 11.8. The fourth-order valence-corrected chi connectivity index (χ4v) is 10.1.